The van der Waals surface area contributed by atoms with Crippen molar-refractivity contribution in [3.05, 3.63) is 30.5 Å². The maximum absolute atomic E-state index is 12.1. The van der Waals surface area contributed by atoms with E-state index in [0.717, 1.165) is 0 Å². The Hall–Kier alpha value is -2.00. The van der Waals surface area contributed by atoms with Crippen LogP contribution in [-0.2, 0) is 17.1 Å². The van der Waals surface area contributed by atoms with Gasteiger partial charge in [-0.2, -0.15) is 0 Å². The van der Waals surface area contributed by atoms with E-state index >= 15 is 0 Å². The molecule has 0 aromatic carbocycles. The van der Waals surface area contributed by atoms with Crippen LogP contribution in [0.15, 0.2) is 29.6 Å². The quantitative estimate of drug-likeness (QED) is 0.804. The van der Waals surface area contributed by atoms with Crippen LogP contribution in [0.4, 0.5) is 5.82 Å². The molecule has 1 atom stereocenters. The maximum atomic E-state index is 12.1. The first-order valence-electron chi connectivity index (χ1n) is 5.48. The zero-order valence-corrected chi connectivity index (χ0v) is 11.3. The number of anilines is 1. The highest BCUT2D eigenvalue weighted by atomic mass is 32.2. The zero-order valence-electron chi connectivity index (χ0n) is 10.5. The summed E-state index contributed by atoms with van der Waals surface area (Å²) in [5, 5.41) is 7.57. The molecule has 102 valence electrons. The number of aryl methyl sites for hydroxylation is 1. The minimum atomic E-state index is -3.68. The van der Waals surface area contributed by atoms with E-state index in [-0.39, 0.29) is 10.7 Å². The van der Waals surface area contributed by atoms with Crippen molar-refractivity contribution in [2.24, 2.45) is 7.05 Å². The van der Waals surface area contributed by atoms with Gasteiger partial charge in [0.1, 0.15) is 18.0 Å². The van der Waals surface area contributed by atoms with Crippen LogP contribution < -0.4 is 10.5 Å². The van der Waals surface area contributed by atoms with Crippen LogP contribution >= 0.6 is 0 Å². The van der Waals surface area contributed by atoms with Crippen LogP contribution in [0.5, 0.6) is 0 Å². The highest BCUT2D eigenvalue weighted by Crippen LogP contribution is 2.15. The third kappa shape index (κ3) is 2.88. The molecule has 0 radical (unpaired) electrons. The second-order valence-electron chi connectivity index (χ2n) is 4.06. The van der Waals surface area contributed by atoms with Crippen molar-refractivity contribution >= 4 is 15.8 Å². The number of rotatable bonds is 4. The summed E-state index contributed by atoms with van der Waals surface area (Å²) in [6.07, 6.45) is 2.85. The summed E-state index contributed by atoms with van der Waals surface area (Å²) >= 11 is 0. The predicted molar refractivity (Wildman–Crippen MR) is 68.4 cm³/mol. The van der Waals surface area contributed by atoms with E-state index in [1.54, 1.807) is 18.5 Å². The Labute approximate surface area is 110 Å². The highest BCUT2D eigenvalue weighted by molar-refractivity contribution is 7.89. The van der Waals surface area contributed by atoms with Crippen LogP contribution in [0, 0.1) is 0 Å². The van der Waals surface area contributed by atoms with Gasteiger partial charge in [0.05, 0.1) is 10.9 Å². The number of nitrogen functional groups attached to an aromatic ring is 1. The van der Waals surface area contributed by atoms with Gasteiger partial charge in [-0.3, -0.25) is 0 Å². The fourth-order valence-electron chi connectivity index (χ4n) is 1.63. The van der Waals surface area contributed by atoms with Crippen LogP contribution in [0.3, 0.4) is 0 Å². The van der Waals surface area contributed by atoms with Crippen molar-refractivity contribution in [1.29, 1.82) is 0 Å². The van der Waals surface area contributed by atoms with E-state index in [0.29, 0.717) is 5.82 Å². The first kappa shape index (κ1) is 13.4. The molecular formula is C10H14N6O2S. The van der Waals surface area contributed by atoms with Crippen molar-refractivity contribution in [3.63, 3.8) is 0 Å². The third-order valence-electron chi connectivity index (χ3n) is 2.53. The minimum Gasteiger partial charge on any atom is -0.384 e. The van der Waals surface area contributed by atoms with Gasteiger partial charge in [-0.1, -0.05) is 0 Å². The van der Waals surface area contributed by atoms with Crippen molar-refractivity contribution in [2.75, 3.05) is 5.73 Å². The first-order chi connectivity index (χ1) is 8.90. The second kappa shape index (κ2) is 4.94. The summed E-state index contributed by atoms with van der Waals surface area (Å²) < 4.78 is 28.5. The van der Waals surface area contributed by atoms with Crippen LogP contribution in [0.1, 0.15) is 18.8 Å². The molecule has 2 aromatic heterocycles. The number of aromatic nitrogens is 4. The van der Waals surface area contributed by atoms with Crippen molar-refractivity contribution in [3.8, 4) is 0 Å². The lowest BCUT2D eigenvalue weighted by atomic mass is 10.3. The van der Waals surface area contributed by atoms with Gasteiger partial charge >= 0.3 is 0 Å². The number of sulfonamides is 1. The van der Waals surface area contributed by atoms with Crippen LogP contribution in [-0.4, -0.2) is 28.2 Å². The van der Waals surface area contributed by atoms with E-state index in [1.807, 2.05) is 0 Å². The van der Waals surface area contributed by atoms with Gasteiger partial charge in [0.25, 0.3) is 0 Å². The van der Waals surface area contributed by atoms with E-state index in [2.05, 4.69) is 19.9 Å². The molecule has 2 aromatic rings. The van der Waals surface area contributed by atoms with Crippen molar-refractivity contribution in [2.45, 2.75) is 17.9 Å². The average molecular weight is 282 g/mol. The molecule has 0 saturated heterocycles. The van der Waals surface area contributed by atoms with E-state index < -0.39 is 16.1 Å². The SMILES string of the molecule is CC(NS(=O)(=O)c1ccnc(N)c1)c1nncn1C. The van der Waals surface area contributed by atoms with Gasteiger partial charge in [0, 0.05) is 19.3 Å². The standard InChI is InChI=1S/C10H14N6O2S/c1-7(10-14-13-6-16(10)2)15-19(17,18)8-3-4-12-9(11)5-8/h3-7,15H,1-2H3,(H2,11,12). The van der Waals surface area contributed by atoms with Gasteiger partial charge in [0.15, 0.2) is 0 Å². The van der Waals surface area contributed by atoms with Gasteiger partial charge in [-0.15, -0.1) is 10.2 Å². The van der Waals surface area contributed by atoms with E-state index in [4.69, 9.17) is 5.73 Å². The molecule has 0 saturated carbocycles. The monoisotopic (exact) mass is 282 g/mol. The fourth-order valence-corrected chi connectivity index (χ4v) is 2.86. The molecule has 1 unspecified atom stereocenters. The number of pyridine rings is 1. The normalized spacial score (nSPS) is 13.4. The molecule has 0 bridgehead atoms. The lowest BCUT2D eigenvalue weighted by molar-refractivity contribution is 0.553. The number of hydrogen-bond acceptors (Lipinski definition) is 6. The minimum absolute atomic E-state index is 0.0639. The molecule has 19 heavy (non-hydrogen) atoms. The maximum Gasteiger partial charge on any atom is 0.241 e. The molecule has 0 aliphatic carbocycles. The fraction of sp³-hybridized carbons (Fsp3) is 0.300. The summed E-state index contributed by atoms with van der Waals surface area (Å²) in [6.45, 7) is 1.69. The Kier molecular flexibility index (Phi) is 3.49. The Morgan fingerprint density at radius 3 is 2.79 bits per heavy atom. The van der Waals surface area contributed by atoms with Crippen molar-refractivity contribution < 1.29 is 8.42 Å². The topological polar surface area (TPSA) is 116 Å². The Balaban J connectivity index is 2.25. The molecule has 8 nitrogen and oxygen atoms in total. The van der Waals surface area contributed by atoms with Gasteiger partial charge in [-0.05, 0) is 13.0 Å². The smallest absolute Gasteiger partial charge is 0.241 e. The lowest BCUT2D eigenvalue weighted by Crippen LogP contribution is -2.28. The van der Waals surface area contributed by atoms with E-state index in [1.165, 1.54) is 24.7 Å². The molecule has 9 heteroatoms. The largest absolute Gasteiger partial charge is 0.384 e. The number of hydrogen-bond donors (Lipinski definition) is 2. The van der Waals surface area contributed by atoms with Gasteiger partial charge < -0.3 is 10.3 Å². The summed E-state index contributed by atoms with van der Waals surface area (Å²) in [6, 6.07) is 2.17. The molecule has 0 spiro atoms. The summed E-state index contributed by atoms with van der Waals surface area (Å²) in [4.78, 5) is 3.82. The first-order valence-corrected chi connectivity index (χ1v) is 6.96. The van der Waals surface area contributed by atoms with Crippen LogP contribution in [0.25, 0.3) is 0 Å². The Bertz CT molecular complexity index is 681. The molecule has 0 fully saturated rings. The van der Waals surface area contributed by atoms with E-state index in [9.17, 15) is 8.42 Å². The van der Waals surface area contributed by atoms with Gasteiger partial charge in [0.2, 0.25) is 10.0 Å². The molecule has 0 amide bonds. The summed E-state index contributed by atoms with van der Waals surface area (Å²) in [5.74, 6) is 0.666. The summed E-state index contributed by atoms with van der Waals surface area (Å²) in [7, 11) is -1.94. The van der Waals surface area contributed by atoms with Crippen molar-refractivity contribution in [1.82, 2.24) is 24.5 Å². The Morgan fingerprint density at radius 2 is 2.21 bits per heavy atom. The lowest BCUT2D eigenvalue weighted by Gasteiger charge is -2.13. The highest BCUT2D eigenvalue weighted by Gasteiger charge is 2.21. The second-order valence-corrected chi connectivity index (χ2v) is 5.77. The Morgan fingerprint density at radius 1 is 1.47 bits per heavy atom. The molecule has 3 N–H and O–H groups in total. The zero-order chi connectivity index (χ0) is 14.0. The molecule has 2 rings (SSSR count). The predicted octanol–water partition coefficient (Wildman–Crippen LogP) is -0.168. The molecule has 0 aliphatic rings. The number of nitrogens with zero attached hydrogens (tertiary/aromatic N) is 4. The van der Waals surface area contributed by atoms with Crippen LogP contribution in [0.2, 0.25) is 0 Å². The average Bonchev–Trinajstić information content (AvgIpc) is 2.75. The number of nitrogens with one attached hydrogen (secondary N) is 1. The third-order valence-corrected chi connectivity index (χ3v) is 4.07. The molecular weight excluding hydrogens is 268 g/mol. The summed E-state index contributed by atoms with van der Waals surface area (Å²) in [5.41, 5.74) is 5.48. The molecule has 2 heterocycles. The number of nitrogens with two attached hydrogens (primary N) is 1. The van der Waals surface area contributed by atoms with Gasteiger partial charge in [-0.25, -0.2) is 18.1 Å². The molecule has 0 aliphatic heterocycles.